The summed E-state index contributed by atoms with van der Waals surface area (Å²) >= 11 is 0. The number of piperidine rings is 1. The first-order valence-electron chi connectivity index (χ1n) is 10.0. The van der Waals surface area contributed by atoms with Gasteiger partial charge in [-0.3, -0.25) is 0 Å². The van der Waals surface area contributed by atoms with E-state index in [4.69, 9.17) is 4.74 Å². The highest BCUT2D eigenvalue weighted by Crippen LogP contribution is 2.37. The Morgan fingerprint density at radius 3 is 2.82 bits per heavy atom. The molecule has 1 atom stereocenters. The molecule has 0 bridgehead atoms. The Labute approximate surface area is 165 Å². The number of amides is 1. The Kier molecular flexibility index (Phi) is 5.32. The van der Waals surface area contributed by atoms with Crippen LogP contribution in [0.15, 0.2) is 36.7 Å². The number of nitrogens with zero attached hydrogens (tertiary/aromatic N) is 4. The predicted molar refractivity (Wildman–Crippen MR) is 109 cm³/mol. The number of ether oxygens (including phenoxy) is 1. The van der Waals surface area contributed by atoms with Crippen LogP contribution in [0.4, 0.5) is 22.1 Å². The number of anilines is 3. The van der Waals surface area contributed by atoms with E-state index >= 15 is 0 Å². The molecule has 0 radical (unpaired) electrons. The van der Waals surface area contributed by atoms with Crippen molar-refractivity contribution >= 4 is 23.4 Å². The SMILES string of the molecule is CCOC(=O)N1CCC(Nc2cc(N3c4ccccc4CC3C)ncn2)CC1. The molecular formula is C21H27N5O2. The van der Waals surface area contributed by atoms with Crippen molar-refractivity contribution in [3.05, 3.63) is 42.2 Å². The van der Waals surface area contributed by atoms with E-state index in [-0.39, 0.29) is 12.1 Å². The normalized spacial score (nSPS) is 19.4. The molecule has 1 unspecified atom stereocenters. The Balaban J connectivity index is 1.42. The van der Waals surface area contributed by atoms with Gasteiger partial charge in [-0.2, -0.15) is 0 Å². The van der Waals surface area contributed by atoms with Gasteiger partial charge in [0.2, 0.25) is 0 Å². The summed E-state index contributed by atoms with van der Waals surface area (Å²) < 4.78 is 5.09. The zero-order valence-electron chi connectivity index (χ0n) is 16.5. The summed E-state index contributed by atoms with van der Waals surface area (Å²) in [6, 6.07) is 11.2. The Morgan fingerprint density at radius 2 is 2.04 bits per heavy atom. The first kappa shape index (κ1) is 18.5. The van der Waals surface area contributed by atoms with Gasteiger partial charge in [-0.05, 0) is 44.7 Å². The van der Waals surface area contributed by atoms with Crippen LogP contribution in [-0.2, 0) is 11.2 Å². The number of hydrogen-bond donors (Lipinski definition) is 1. The van der Waals surface area contributed by atoms with E-state index in [2.05, 4.69) is 51.4 Å². The minimum atomic E-state index is -0.216. The Morgan fingerprint density at radius 1 is 1.25 bits per heavy atom. The minimum Gasteiger partial charge on any atom is -0.450 e. The van der Waals surface area contributed by atoms with Crippen LogP contribution in [0.2, 0.25) is 0 Å². The largest absolute Gasteiger partial charge is 0.450 e. The Bertz CT molecular complexity index is 835. The van der Waals surface area contributed by atoms with Gasteiger partial charge in [-0.1, -0.05) is 18.2 Å². The molecule has 7 nitrogen and oxygen atoms in total. The molecule has 1 aromatic carbocycles. The highest BCUT2D eigenvalue weighted by atomic mass is 16.6. The van der Waals surface area contributed by atoms with Gasteiger partial charge in [0.05, 0.1) is 6.61 Å². The molecule has 148 valence electrons. The van der Waals surface area contributed by atoms with E-state index in [0.29, 0.717) is 25.7 Å². The fourth-order valence-corrected chi connectivity index (χ4v) is 4.10. The number of likely N-dealkylation sites (tertiary alicyclic amines) is 1. The standard InChI is InChI=1S/C21H27N5O2/c1-3-28-21(27)25-10-8-17(9-11-25)24-19-13-20(23-14-22-19)26-15(2)12-16-6-4-5-7-18(16)26/h4-7,13-15,17H,3,8-12H2,1-2H3,(H,22,23,24). The first-order valence-corrected chi connectivity index (χ1v) is 10.0. The molecule has 1 saturated heterocycles. The lowest BCUT2D eigenvalue weighted by molar-refractivity contribution is 0.0983. The van der Waals surface area contributed by atoms with Gasteiger partial charge in [0.25, 0.3) is 0 Å². The van der Waals surface area contributed by atoms with Crippen LogP contribution in [0.25, 0.3) is 0 Å². The number of fused-ring (bicyclic) bond motifs is 1. The maximum atomic E-state index is 11.8. The van der Waals surface area contributed by atoms with E-state index < -0.39 is 0 Å². The third-order valence-electron chi connectivity index (χ3n) is 5.48. The average molecular weight is 381 g/mol. The van der Waals surface area contributed by atoms with E-state index in [1.165, 1.54) is 11.3 Å². The lowest BCUT2D eigenvalue weighted by Crippen LogP contribution is -2.42. The number of benzene rings is 1. The molecule has 0 saturated carbocycles. The second-order valence-electron chi connectivity index (χ2n) is 7.42. The van der Waals surface area contributed by atoms with Crippen molar-refractivity contribution in [1.29, 1.82) is 0 Å². The number of carbonyl (C=O) groups excluding carboxylic acids is 1. The van der Waals surface area contributed by atoms with Gasteiger partial charge < -0.3 is 19.9 Å². The van der Waals surface area contributed by atoms with Gasteiger partial charge in [0.1, 0.15) is 18.0 Å². The van der Waals surface area contributed by atoms with Crippen molar-refractivity contribution in [3.8, 4) is 0 Å². The van der Waals surface area contributed by atoms with Crippen molar-refractivity contribution in [1.82, 2.24) is 14.9 Å². The molecule has 1 N–H and O–H groups in total. The van der Waals surface area contributed by atoms with Crippen LogP contribution in [-0.4, -0.2) is 52.7 Å². The zero-order valence-corrected chi connectivity index (χ0v) is 16.5. The molecule has 7 heteroatoms. The van der Waals surface area contributed by atoms with E-state index in [0.717, 1.165) is 30.9 Å². The number of aromatic nitrogens is 2. The number of rotatable bonds is 4. The van der Waals surface area contributed by atoms with Crippen LogP contribution in [0, 0.1) is 0 Å². The third-order valence-corrected chi connectivity index (χ3v) is 5.48. The van der Waals surface area contributed by atoms with E-state index in [1.54, 1.807) is 11.2 Å². The van der Waals surface area contributed by atoms with Gasteiger partial charge in [0.15, 0.2) is 0 Å². The van der Waals surface area contributed by atoms with E-state index in [1.807, 2.05) is 13.0 Å². The van der Waals surface area contributed by atoms with Crippen LogP contribution in [0.5, 0.6) is 0 Å². The van der Waals surface area contributed by atoms with E-state index in [9.17, 15) is 4.79 Å². The highest BCUT2D eigenvalue weighted by molar-refractivity contribution is 5.70. The second kappa shape index (κ2) is 8.04. The van der Waals surface area contributed by atoms with Crippen molar-refractivity contribution in [2.24, 2.45) is 0 Å². The topological polar surface area (TPSA) is 70.6 Å². The summed E-state index contributed by atoms with van der Waals surface area (Å²) in [6.07, 6.45) is 4.18. The minimum absolute atomic E-state index is 0.216. The summed E-state index contributed by atoms with van der Waals surface area (Å²) in [5.74, 6) is 1.75. The molecule has 0 aliphatic carbocycles. The maximum absolute atomic E-state index is 11.8. The van der Waals surface area contributed by atoms with Crippen LogP contribution in [0.1, 0.15) is 32.3 Å². The monoisotopic (exact) mass is 381 g/mol. The van der Waals surface area contributed by atoms with Crippen molar-refractivity contribution in [2.75, 3.05) is 29.9 Å². The predicted octanol–water partition coefficient (Wildman–Crippen LogP) is 3.59. The van der Waals surface area contributed by atoms with Gasteiger partial charge in [-0.15, -0.1) is 0 Å². The van der Waals surface area contributed by atoms with Crippen molar-refractivity contribution in [2.45, 2.75) is 45.2 Å². The molecule has 1 amide bonds. The third kappa shape index (κ3) is 3.74. The van der Waals surface area contributed by atoms with Gasteiger partial charge in [0, 0.05) is 36.9 Å². The molecule has 3 heterocycles. The number of para-hydroxylation sites is 1. The van der Waals surface area contributed by atoms with Gasteiger partial charge >= 0.3 is 6.09 Å². The summed E-state index contributed by atoms with van der Waals surface area (Å²) in [7, 11) is 0. The van der Waals surface area contributed by atoms with Gasteiger partial charge in [-0.25, -0.2) is 14.8 Å². The molecule has 2 aliphatic rings. The maximum Gasteiger partial charge on any atom is 0.409 e. The number of hydrogen-bond acceptors (Lipinski definition) is 6. The summed E-state index contributed by atoms with van der Waals surface area (Å²) in [4.78, 5) is 24.8. The fourth-order valence-electron chi connectivity index (χ4n) is 4.10. The fraction of sp³-hybridized carbons (Fsp3) is 0.476. The molecule has 0 spiro atoms. The summed E-state index contributed by atoms with van der Waals surface area (Å²) in [6.45, 7) is 5.87. The first-order chi connectivity index (χ1) is 13.7. The molecule has 4 rings (SSSR count). The van der Waals surface area contributed by atoms with Crippen molar-refractivity contribution < 1.29 is 9.53 Å². The quantitative estimate of drug-likeness (QED) is 0.873. The highest BCUT2D eigenvalue weighted by Gasteiger charge is 2.28. The molecule has 28 heavy (non-hydrogen) atoms. The van der Waals surface area contributed by atoms with Crippen molar-refractivity contribution in [3.63, 3.8) is 0 Å². The lowest BCUT2D eigenvalue weighted by Gasteiger charge is -2.32. The van der Waals surface area contributed by atoms with Crippen LogP contribution in [0.3, 0.4) is 0 Å². The Hall–Kier alpha value is -2.83. The lowest BCUT2D eigenvalue weighted by atomic mass is 10.1. The molecule has 1 fully saturated rings. The average Bonchev–Trinajstić information content (AvgIpc) is 3.04. The van der Waals surface area contributed by atoms with Crippen LogP contribution >= 0.6 is 0 Å². The molecule has 2 aliphatic heterocycles. The second-order valence-corrected chi connectivity index (χ2v) is 7.42. The molecule has 2 aromatic rings. The number of nitrogens with one attached hydrogen (secondary N) is 1. The summed E-state index contributed by atoms with van der Waals surface area (Å²) in [5.41, 5.74) is 2.58. The number of carbonyl (C=O) groups is 1. The smallest absolute Gasteiger partial charge is 0.409 e. The van der Waals surface area contributed by atoms with Crippen LogP contribution < -0.4 is 10.2 Å². The summed E-state index contributed by atoms with van der Waals surface area (Å²) in [5, 5.41) is 3.52. The molecular weight excluding hydrogens is 354 g/mol. The zero-order chi connectivity index (χ0) is 19.5. The molecule has 1 aromatic heterocycles.